The van der Waals surface area contributed by atoms with Crippen LogP contribution in [0.3, 0.4) is 0 Å². The van der Waals surface area contributed by atoms with Crippen molar-refractivity contribution in [3.8, 4) is 0 Å². The number of carbonyl (C=O) groups is 2. The van der Waals surface area contributed by atoms with Crippen LogP contribution in [0.5, 0.6) is 0 Å². The minimum absolute atomic E-state index is 0.0103. The van der Waals surface area contributed by atoms with Crippen LogP contribution in [0.4, 0.5) is 0 Å². The summed E-state index contributed by atoms with van der Waals surface area (Å²) in [6.07, 6.45) is 74.6. The summed E-state index contributed by atoms with van der Waals surface area (Å²) in [6.45, 7) is 4.88. The molecule has 0 aromatic rings. The third-order valence-corrected chi connectivity index (χ3v) is 14.4. The van der Waals surface area contributed by atoms with Gasteiger partial charge in [-0.2, -0.15) is 0 Å². The highest BCUT2D eigenvalue weighted by molar-refractivity contribution is 5.76. The van der Waals surface area contributed by atoms with Gasteiger partial charge in [0.25, 0.3) is 0 Å². The van der Waals surface area contributed by atoms with E-state index in [0.29, 0.717) is 19.4 Å². The largest absolute Gasteiger partial charge is 0.466 e. The predicted molar refractivity (Wildman–Crippen MR) is 306 cm³/mol. The first-order chi connectivity index (χ1) is 34.5. The molecule has 0 bridgehead atoms. The lowest BCUT2D eigenvalue weighted by molar-refractivity contribution is -0.143. The van der Waals surface area contributed by atoms with Gasteiger partial charge < -0.3 is 20.3 Å². The number of rotatable bonds is 58. The lowest BCUT2D eigenvalue weighted by Crippen LogP contribution is -2.45. The number of ether oxygens (including phenoxy) is 1. The van der Waals surface area contributed by atoms with Gasteiger partial charge in [-0.25, -0.2) is 0 Å². The van der Waals surface area contributed by atoms with Gasteiger partial charge in [-0.05, 0) is 64.2 Å². The molecule has 0 radical (unpaired) electrons. The average Bonchev–Trinajstić information content (AvgIpc) is 3.36. The van der Waals surface area contributed by atoms with E-state index in [-0.39, 0.29) is 18.5 Å². The molecule has 412 valence electrons. The average molecular weight is 985 g/mol. The summed E-state index contributed by atoms with van der Waals surface area (Å²) >= 11 is 0. The van der Waals surface area contributed by atoms with Crippen molar-refractivity contribution in [1.29, 1.82) is 0 Å². The summed E-state index contributed by atoms with van der Waals surface area (Å²) in [7, 11) is 0. The van der Waals surface area contributed by atoms with E-state index in [1.54, 1.807) is 6.08 Å². The van der Waals surface area contributed by atoms with Crippen molar-refractivity contribution in [3.05, 3.63) is 36.5 Å². The molecule has 1 amide bonds. The number of esters is 1. The third-order valence-electron chi connectivity index (χ3n) is 14.4. The van der Waals surface area contributed by atoms with E-state index in [4.69, 9.17) is 4.74 Å². The van der Waals surface area contributed by atoms with Gasteiger partial charge in [-0.1, -0.05) is 294 Å². The minimum atomic E-state index is -0.853. The Hall–Kier alpha value is -1.92. The van der Waals surface area contributed by atoms with Gasteiger partial charge >= 0.3 is 5.97 Å². The van der Waals surface area contributed by atoms with Crippen LogP contribution in [0.1, 0.15) is 335 Å². The van der Waals surface area contributed by atoms with Gasteiger partial charge in [-0.15, -0.1) is 0 Å². The number of hydrogen-bond acceptors (Lipinski definition) is 5. The first-order valence-electron chi connectivity index (χ1n) is 31.3. The Morgan fingerprint density at radius 2 is 0.714 bits per heavy atom. The van der Waals surface area contributed by atoms with E-state index in [9.17, 15) is 19.8 Å². The van der Waals surface area contributed by atoms with Crippen molar-refractivity contribution >= 4 is 11.9 Å². The van der Waals surface area contributed by atoms with Crippen LogP contribution in [0, 0.1) is 0 Å². The standard InChI is InChI=1S/C64H121NO5/c1-3-5-7-9-11-13-15-17-19-21-23-24-25-26-28-32-36-40-44-48-52-56-62(67)61(60-66)65-63(68)57-53-49-45-41-37-33-30-31-35-39-43-47-51-55-59-70-64(69)58-54-50-46-42-38-34-29-27-22-20-18-16-14-12-10-8-6-4-2/h14,16,20,22,52,56,61-62,66-67H,3-13,15,17-19,21,23-51,53-55,57-60H2,1-2H3,(H,65,68)/b16-14-,22-20-,56-52+. The summed E-state index contributed by atoms with van der Waals surface area (Å²) in [6, 6.07) is -0.638. The number of nitrogens with one attached hydrogen (secondary N) is 1. The Bertz CT molecular complexity index is 1130. The Balaban J connectivity index is 3.47. The van der Waals surface area contributed by atoms with Crippen LogP contribution >= 0.6 is 0 Å². The summed E-state index contributed by atoms with van der Waals surface area (Å²) < 4.78 is 5.48. The maximum atomic E-state index is 12.5. The molecule has 0 aliphatic rings. The smallest absolute Gasteiger partial charge is 0.305 e. The lowest BCUT2D eigenvalue weighted by Gasteiger charge is -2.20. The molecule has 70 heavy (non-hydrogen) atoms. The quantitative estimate of drug-likeness (QED) is 0.0321. The predicted octanol–water partition coefficient (Wildman–Crippen LogP) is 19.6. The van der Waals surface area contributed by atoms with Crippen molar-refractivity contribution in [2.24, 2.45) is 0 Å². The molecule has 2 unspecified atom stereocenters. The van der Waals surface area contributed by atoms with Gasteiger partial charge in [0.2, 0.25) is 5.91 Å². The normalized spacial score (nSPS) is 12.8. The SMILES string of the molecule is CCCCCC/C=C\C/C=C\CCCCCCCCCC(=O)OCCCCCCCCCCCCCCCCC(=O)NC(CO)C(O)/C=C/CCCCCCCCCCCCCCCCCCCCC. The van der Waals surface area contributed by atoms with Crippen molar-refractivity contribution < 1.29 is 24.5 Å². The molecule has 0 heterocycles. The van der Waals surface area contributed by atoms with Crippen LogP contribution in [-0.4, -0.2) is 47.4 Å². The zero-order chi connectivity index (χ0) is 50.7. The zero-order valence-electron chi connectivity index (χ0n) is 47.0. The highest BCUT2D eigenvalue weighted by Crippen LogP contribution is 2.17. The van der Waals surface area contributed by atoms with E-state index in [2.05, 4.69) is 43.5 Å². The van der Waals surface area contributed by atoms with E-state index >= 15 is 0 Å². The minimum Gasteiger partial charge on any atom is -0.466 e. The number of allylic oxidation sites excluding steroid dienone is 5. The highest BCUT2D eigenvalue weighted by Gasteiger charge is 2.18. The van der Waals surface area contributed by atoms with E-state index in [1.807, 2.05) is 6.08 Å². The zero-order valence-corrected chi connectivity index (χ0v) is 47.0. The first-order valence-corrected chi connectivity index (χ1v) is 31.3. The topological polar surface area (TPSA) is 95.9 Å². The second-order valence-electron chi connectivity index (χ2n) is 21.4. The van der Waals surface area contributed by atoms with Gasteiger partial charge in [0.15, 0.2) is 0 Å². The Labute approximate surface area is 436 Å². The fourth-order valence-electron chi connectivity index (χ4n) is 9.61. The molecule has 6 nitrogen and oxygen atoms in total. The number of aliphatic hydroxyl groups is 2. The summed E-state index contributed by atoms with van der Waals surface area (Å²) in [5.41, 5.74) is 0. The number of hydrogen-bond donors (Lipinski definition) is 3. The Morgan fingerprint density at radius 3 is 1.10 bits per heavy atom. The summed E-state index contributed by atoms with van der Waals surface area (Å²) in [4.78, 5) is 24.6. The van der Waals surface area contributed by atoms with Gasteiger partial charge in [0.1, 0.15) is 0 Å². The third kappa shape index (κ3) is 55.4. The van der Waals surface area contributed by atoms with Crippen LogP contribution in [0.25, 0.3) is 0 Å². The molecule has 0 saturated carbocycles. The molecule has 6 heteroatoms. The van der Waals surface area contributed by atoms with Crippen molar-refractivity contribution in [2.45, 2.75) is 347 Å². The van der Waals surface area contributed by atoms with Gasteiger partial charge in [-0.3, -0.25) is 9.59 Å². The summed E-state index contributed by atoms with van der Waals surface area (Å²) in [5, 5.41) is 23.2. The van der Waals surface area contributed by atoms with Crippen molar-refractivity contribution in [2.75, 3.05) is 13.2 Å². The molecule has 0 fully saturated rings. The molecule has 2 atom stereocenters. The maximum absolute atomic E-state index is 12.5. The molecule has 3 N–H and O–H groups in total. The van der Waals surface area contributed by atoms with E-state index in [0.717, 1.165) is 64.2 Å². The molecule has 0 saturated heterocycles. The molecular weight excluding hydrogens is 863 g/mol. The number of unbranched alkanes of at least 4 members (excludes halogenated alkanes) is 43. The molecular formula is C64H121NO5. The van der Waals surface area contributed by atoms with Crippen LogP contribution in [0.15, 0.2) is 36.5 Å². The van der Waals surface area contributed by atoms with E-state index in [1.165, 1.54) is 244 Å². The van der Waals surface area contributed by atoms with Crippen LogP contribution in [-0.2, 0) is 14.3 Å². The number of amides is 1. The summed E-state index contributed by atoms with van der Waals surface area (Å²) in [5.74, 6) is -0.0865. The van der Waals surface area contributed by atoms with Crippen molar-refractivity contribution in [1.82, 2.24) is 5.32 Å². The second-order valence-corrected chi connectivity index (χ2v) is 21.4. The van der Waals surface area contributed by atoms with E-state index < -0.39 is 12.1 Å². The van der Waals surface area contributed by atoms with Crippen LogP contribution < -0.4 is 5.32 Å². The lowest BCUT2D eigenvalue weighted by atomic mass is 10.0. The molecule has 0 spiro atoms. The van der Waals surface area contributed by atoms with Crippen LogP contribution in [0.2, 0.25) is 0 Å². The van der Waals surface area contributed by atoms with Crippen molar-refractivity contribution in [3.63, 3.8) is 0 Å². The molecule has 0 aromatic heterocycles. The van der Waals surface area contributed by atoms with Gasteiger partial charge in [0, 0.05) is 12.8 Å². The highest BCUT2D eigenvalue weighted by atomic mass is 16.5. The Kier molecular flexibility index (Phi) is 58.0. The molecule has 0 aliphatic carbocycles. The first kappa shape index (κ1) is 68.1. The second kappa shape index (κ2) is 59.6. The number of carbonyl (C=O) groups excluding carboxylic acids is 2. The molecule has 0 rings (SSSR count). The maximum Gasteiger partial charge on any atom is 0.305 e. The Morgan fingerprint density at radius 1 is 0.400 bits per heavy atom. The fraction of sp³-hybridized carbons (Fsp3) is 0.875. The monoisotopic (exact) mass is 984 g/mol. The fourth-order valence-corrected chi connectivity index (χ4v) is 9.61. The van der Waals surface area contributed by atoms with Gasteiger partial charge in [0.05, 0.1) is 25.4 Å². The molecule has 0 aromatic carbocycles. The molecule has 0 aliphatic heterocycles. The number of aliphatic hydroxyl groups excluding tert-OH is 2.